The van der Waals surface area contributed by atoms with Gasteiger partial charge in [-0.3, -0.25) is 14.6 Å². The molecule has 2 N–H and O–H groups in total. The number of hydrogen-bond acceptors (Lipinski definition) is 8. The number of carbonyl (C=O) groups excluding carboxylic acids is 1. The number of carbonyl (C=O) groups is 1. The van der Waals surface area contributed by atoms with E-state index in [1.54, 1.807) is 23.4 Å². The maximum absolute atomic E-state index is 14.3. The highest BCUT2D eigenvalue weighted by Gasteiger charge is 2.34. The molecule has 1 fully saturated rings. The molecule has 4 aromatic rings. The molecule has 3 heterocycles. The Morgan fingerprint density at radius 1 is 1.04 bits per heavy atom. The van der Waals surface area contributed by atoms with Crippen LogP contribution in [0.5, 0.6) is 0 Å². The summed E-state index contributed by atoms with van der Waals surface area (Å²) in [6.45, 7) is 12.4. The number of aromatic nitrogens is 4. The topological polar surface area (TPSA) is 141 Å². The van der Waals surface area contributed by atoms with Crippen LogP contribution in [0.4, 0.5) is 20.4 Å². The quantitative estimate of drug-likeness (QED) is 0.174. The smallest absolute Gasteiger partial charge is 0.264 e. The first-order chi connectivity index (χ1) is 23.9. The van der Waals surface area contributed by atoms with Gasteiger partial charge in [0.25, 0.3) is 27.4 Å². The zero-order valence-electron chi connectivity index (χ0n) is 29.8. The predicted octanol–water partition coefficient (Wildman–Crippen LogP) is 6.74. The van der Waals surface area contributed by atoms with Gasteiger partial charge in [0.05, 0.1) is 35.2 Å². The Morgan fingerprint density at radius 2 is 1.67 bits per heavy atom. The van der Waals surface area contributed by atoms with Crippen LogP contribution >= 0.6 is 0 Å². The molecule has 0 bridgehead atoms. The summed E-state index contributed by atoms with van der Waals surface area (Å²) in [6.07, 6.45) is 3.99. The van der Waals surface area contributed by atoms with E-state index in [4.69, 9.17) is 0 Å². The number of hydrogen-bond donors (Lipinski definition) is 2. The largest absolute Gasteiger partial charge is 0.369 e. The fraction of sp³-hybridized carbons (Fsp3) is 0.432. The molecule has 5 rings (SSSR count). The van der Waals surface area contributed by atoms with Gasteiger partial charge in [0.15, 0.2) is 0 Å². The zero-order valence-corrected chi connectivity index (χ0v) is 30.7. The summed E-state index contributed by atoms with van der Waals surface area (Å²) in [6, 6.07) is 12.4. The molecule has 14 heteroatoms. The number of nitrogens with one attached hydrogen (secondary N) is 2. The highest BCUT2D eigenvalue weighted by Crippen LogP contribution is 2.31. The van der Waals surface area contributed by atoms with Crippen LogP contribution in [0.15, 0.2) is 70.6 Å². The number of aryl methyl sites for hydroxylation is 2. The van der Waals surface area contributed by atoms with Crippen LogP contribution in [0.25, 0.3) is 11.3 Å². The molecule has 0 spiro atoms. The van der Waals surface area contributed by atoms with Gasteiger partial charge >= 0.3 is 0 Å². The number of halogens is 2. The van der Waals surface area contributed by atoms with E-state index in [1.807, 2.05) is 43.9 Å². The molecule has 0 unspecified atom stereocenters. The molecule has 1 aliphatic heterocycles. The van der Waals surface area contributed by atoms with Crippen molar-refractivity contribution in [2.75, 3.05) is 22.7 Å². The Hall–Kier alpha value is -4.72. The lowest BCUT2D eigenvalue weighted by Crippen LogP contribution is -2.42. The molecule has 1 saturated heterocycles. The maximum Gasteiger partial charge on any atom is 0.264 e. The summed E-state index contributed by atoms with van der Waals surface area (Å²) in [5.41, 5.74) is 2.92. The Balaban J connectivity index is 1.41. The Kier molecular flexibility index (Phi) is 10.9. The van der Waals surface area contributed by atoms with Crippen LogP contribution < -0.4 is 15.2 Å². The first-order valence-corrected chi connectivity index (χ1v) is 18.5. The van der Waals surface area contributed by atoms with Gasteiger partial charge in [-0.2, -0.15) is 0 Å². The number of anilines is 2. The molecular weight excluding hydrogens is 677 g/mol. The van der Waals surface area contributed by atoms with Crippen LogP contribution in [0.3, 0.4) is 0 Å². The molecule has 1 aliphatic rings. The molecule has 11 nitrogen and oxygen atoms in total. The molecule has 272 valence electrons. The minimum absolute atomic E-state index is 0.0528. The third-order valence-corrected chi connectivity index (χ3v) is 10.3. The molecule has 1 amide bonds. The normalized spacial score (nSPS) is 15.3. The van der Waals surface area contributed by atoms with Crippen LogP contribution in [0.2, 0.25) is 0 Å². The van der Waals surface area contributed by atoms with Crippen LogP contribution in [-0.4, -0.2) is 64.2 Å². The van der Waals surface area contributed by atoms with Crippen molar-refractivity contribution in [3.05, 3.63) is 93.8 Å². The monoisotopic (exact) mass is 721 g/mol. The van der Waals surface area contributed by atoms with E-state index in [1.165, 1.54) is 24.3 Å². The van der Waals surface area contributed by atoms with Crippen molar-refractivity contribution >= 4 is 27.6 Å². The second kappa shape index (κ2) is 14.9. The second-order valence-electron chi connectivity index (χ2n) is 14.3. The Morgan fingerprint density at radius 3 is 2.27 bits per heavy atom. The van der Waals surface area contributed by atoms with E-state index in [-0.39, 0.29) is 60.3 Å². The third-order valence-electron chi connectivity index (χ3n) is 8.99. The van der Waals surface area contributed by atoms with Crippen molar-refractivity contribution < 1.29 is 22.0 Å². The Bertz CT molecular complexity index is 2020. The van der Waals surface area contributed by atoms with E-state index in [0.717, 1.165) is 16.7 Å². The number of alkyl halides is 2. The van der Waals surface area contributed by atoms with Gasteiger partial charge < -0.3 is 9.80 Å². The number of piperidine rings is 1. The summed E-state index contributed by atoms with van der Waals surface area (Å²) in [5, 5.41) is 0. The van der Waals surface area contributed by atoms with E-state index in [9.17, 15) is 26.8 Å². The number of sulfonamides is 1. The standard InChI is InChI=1S/C37H45F2N7O4S/c1-7-27(20-36(4,5)6)46(23-31-40-21-28(22-41-31)45-16-14-37(38,39)15-17-45)34(48)26-12-9-13-29(18-26)51(49,50)44-35-42-30(19-32(47)43-35)33-24(2)10-8-11-25(33)3/h8-13,18-19,21-22,27H,7,14-17,20,23H2,1-6H3,(H2,42,43,44,47)/t27-/m0/s1. The van der Waals surface area contributed by atoms with Crippen LogP contribution in [0.1, 0.15) is 80.7 Å². The number of rotatable bonds is 11. The van der Waals surface area contributed by atoms with E-state index in [0.29, 0.717) is 30.0 Å². The first kappa shape index (κ1) is 37.5. The Labute approximate surface area is 297 Å². The number of aromatic amines is 1. The van der Waals surface area contributed by atoms with E-state index >= 15 is 0 Å². The summed E-state index contributed by atoms with van der Waals surface area (Å²) in [4.78, 5) is 46.0. The van der Waals surface area contributed by atoms with Crippen molar-refractivity contribution in [1.29, 1.82) is 0 Å². The molecule has 0 saturated carbocycles. The fourth-order valence-corrected chi connectivity index (χ4v) is 7.40. The predicted molar refractivity (Wildman–Crippen MR) is 193 cm³/mol. The molecule has 2 aromatic heterocycles. The van der Waals surface area contributed by atoms with E-state index in [2.05, 4.69) is 45.4 Å². The first-order valence-electron chi connectivity index (χ1n) is 17.0. The highest BCUT2D eigenvalue weighted by molar-refractivity contribution is 7.92. The fourth-order valence-electron chi connectivity index (χ4n) is 6.39. The molecule has 0 radical (unpaired) electrons. The second-order valence-corrected chi connectivity index (χ2v) is 16.0. The molecule has 0 aliphatic carbocycles. The van der Waals surface area contributed by atoms with Crippen molar-refractivity contribution in [3.8, 4) is 11.3 Å². The SMILES string of the molecule is CC[C@@H](CC(C)(C)C)N(Cc1ncc(N2CCC(F)(F)CC2)cn1)C(=O)c1cccc(S(=O)(=O)Nc2nc(-c3c(C)cccc3C)cc(=O)[nH]2)c1. The average Bonchev–Trinajstić information content (AvgIpc) is 3.05. The van der Waals surface area contributed by atoms with E-state index < -0.39 is 27.4 Å². The number of amides is 1. The van der Waals surface area contributed by atoms with Gasteiger partial charge in [-0.15, -0.1) is 0 Å². The van der Waals surface area contributed by atoms with Crippen molar-refractivity contribution in [3.63, 3.8) is 0 Å². The summed E-state index contributed by atoms with van der Waals surface area (Å²) in [7, 11) is -4.30. The minimum atomic E-state index is -4.30. The minimum Gasteiger partial charge on any atom is -0.369 e. The number of H-pyrrole nitrogens is 1. The van der Waals surface area contributed by atoms with Crippen molar-refractivity contribution in [2.24, 2.45) is 5.41 Å². The number of nitrogens with zero attached hydrogens (tertiary/aromatic N) is 5. The van der Waals surface area contributed by atoms with Gasteiger partial charge in [-0.25, -0.2) is 36.9 Å². The lowest BCUT2D eigenvalue weighted by atomic mass is 9.86. The van der Waals surface area contributed by atoms with Gasteiger partial charge in [0.1, 0.15) is 5.82 Å². The molecule has 1 atom stereocenters. The lowest BCUT2D eigenvalue weighted by molar-refractivity contribution is -0.0220. The van der Waals surface area contributed by atoms with Gasteiger partial charge in [0.2, 0.25) is 5.95 Å². The average molecular weight is 722 g/mol. The summed E-state index contributed by atoms with van der Waals surface area (Å²) in [5.74, 6) is -2.97. The van der Waals surface area contributed by atoms with Crippen LogP contribution in [0, 0.1) is 19.3 Å². The van der Waals surface area contributed by atoms with Gasteiger partial charge in [0, 0.05) is 49.2 Å². The maximum atomic E-state index is 14.3. The summed E-state index contributed by atoms with van der Waals surface area (Å²) < 4.78 is 57.1. The van der Waals surface area contributed by atoms with Crippen LogP contribution in [-0.2, 0) is 16.6 Å². The molecule has 51 heavy (non-hydrogen) atoms. The zero-order chi connectivity index (χ0) is 37.1. The lowest BCUT2D eigenvalue weighted by Gasteiger charge is -2.35. The van der Waals surface area contributed by atoms with Crippen molar-refractivity contribution in [2.45, 2.75) is 90.6 Å². The van der Waals surface area contributed by atoms with Crippen molar-refractivity contribution in [1.82, 2.24) is 24.8 Å². The number of benzene rings is 2. The van der Waals surface area contributed by atoms with Gasteiger partial charge in [-0.1, -0.05) is 52.0 Å². The molecular formula is C37H45F2N7O4S. The third kappa shape index (κ3) is 9.34. The van der Waals surface area contributed by atoms with Gasteiger partial charge in [-0.05, 0) is 61.4 Å². The molecule has 2 aromatic carbocycles. The highest BCUT2D eigenvalue weighted by atomic mass is 32.2. The summed E-state index contributed by atoms with van der Waals surface area (Å²) >= 11 is 0.